The van der Waals surface area contributed by atoms with Crippen LogP contribution in [0, 0.1) is 0 Å². The Bertz CT molecular complexity index is 907. The summed E-state index contributed by atoms with van der Waals surface area (Å²) in [5.74, 6) is 1.53. The highest BCUT2D eigenvalue weighted by Gasteiger charge is 2.24. The zero-order chi connectivity index (χ0) is 16.5. The van der Waals surface area contributed by atoms with Crippen molar-refractivity contribution >= 4 is 5.65 Å². The summed E-state index contributed by atoms with van der Waals surface area (Å²) in [5.41, 5.74) is 1.52. The maximum absolute atomic E-state index is 12.2. The monoisotopic (exact) mass is 324 g/mol. The van der Waals surface area contributed by atoms with Gasteiger partial charge in [-0.15, -0.1) is 10.2 Å². The number of nitrogens with zero attached hydrogens (tertiary/aromatic N) is 6. The smallest absolute Gasteiger partial charge is 0.258 e. The topological polar surface area (TPSA) is 68.3 Å². The molecule has 1 aliphatic rings. The summed E-state index contributed by atoms with van der Waals surface area (Å²) in [7, 11) is 1.99. The van der Waals surface area contributed by atoms with Crippen LogP contribution in [-0.2, 0) is 13.6 Å². The number of rotatable bonds is 3. The van der Waals surface area contributed by atoms with Crippen molar-refractivity contribution in [2.75, 3.05) is 13.1 Å². The summed E-state index contributed by atoms with van der Waals surface area (Å²) in [6, 6.07) is 7.25. The van der Waals surface area contributed by atoms with Crippen molar-refractivity contribution in [1.29, 1.82) is 0 Å². The molecule has 0 amide bonds. The Morgan fingerprint density at radius 3 is 2.83 bits per heavy atom. The molecule has 0 unspecified atom stereocenters. The van der Waals surface area contributed by atoms with E-state index in [4.69, 9.17) is 0 Å². The van der Waals surface area contributed by atoms with Gasteiger partial charge in [0.05, 0.1) is 5.69 Å². The number of fused-ring (bicyclic) bond motifs is 1. The molecule has 0 spiro atoms. The van der Waals surface area contributed by atoms with Crippen molar-refractivity contribution in [2.45, 2.75) is 25.3 Å². The molecule has 4 rings (SSSR count). The molecule has 7 nitrogen and oxygen atoms in total. The molecular weight excluding hydrogens is 304 g/mol. The summed E-state index contributed by atoms with van der Waals surface area (Å²) >= 11 is 0. The normalized spacial score (nSPS) is 16.7. The average Bonchev–Trinajstić information content (AvgIpc) is 3.02. The highest BCUT2D eigenvalue weighted by Crippen LogP contribution is 2.26. The molecular formula is C17H20N6O. The first-order valence-electron chi connectivity index (χ1n) is 8.24. The second-order valence-electron chi connectivity index (χ2n) is 6.37. The molecule has 0 aliphatic carbocycles. The van der Waals surface area contributed by atoms with E-state index in [0.717, 1.165) is 37.4 Å². The molecule has 3 aromatic heterocycles. The Kier molecular flexibility index (Phi) is 3.86. The van der Waals surface area contributed by atoms with Crippen LogP contribution >= 0.6 is 0 Å². The average molecular weight is 324 g/mol. The Balaban J connectivity index is 1.46. The fourth-order valence-electron chi connectivity index (χ4n) is 3.42. The lowest BCUT2D eigenvalue weighted by Gasteiger charge is -2.31. The predicted molar refractivity (Wildman–Crippen MR) is 89.7 cm³/mol. The van der Waals surface area contributed by atoms with E-state index in [-0.39, 0.29) is 5.56 Å². The Morgan fingerprint density at radius 2 is 2.08 bits per heavy atom. The number of aryl methyl sites for hydroxylation is 1. The highest BCUT2D eigenvalue weighted by molar-refractivity contribution is 5.37. The fraction of sp³-hybridized carbons (Fsp3) is 0.412. The lowest BCUT2D eigenvalue weighted by atomic mass is 9.96. The molecule has 0 aromatic carbocycles. The summed E-state index contributed by atoms with van der Waals surface area (Å²) in [6.45, 7) is 2.67. The quantitative estimate of drug-likeness (QED) is 0.724. The van der Waals surface area contributed by atoms with E-state index in [9.17, 15) is 4.79 Å². The van der Waals surface area contributed by atoms with E-state index < -0.39 is 0 Å². The van der Waals surface area contributed by atoms with Gasteiger partial charge in [-0.3, -0.25) is 14.1 Å². The van der Waals surface area contributed by atoms with E-state index >= 15 is 0 Å². The van der Waals surface area contributed by atoms with Crippen LogP contribution < -0.4 is 5.56 Å². The van der Waals surface area contributed by atoms with Crippen LogP contribution in [0.3, 0.4) is 0 Å². The van der Waals surface area contributed by atoms with Gasteiger partial charge in [-0.1, -0.05) is 6.07 Å². The Hall–Kier alpha value is -2.54. The summed E-state index contributed by atoms with van der Waals surface area (Å²) in [5, 5.41) is 8.21. The lowest BCUT2D eigenvalue weighted by Crippen LogP contribution is -2.34. The summed E-state index contributed by atoms with van der Waals surface area (Å²) in [6.07, 6.45) is 5.62. The first-order chi connectivity index (χ1) is 11.7. The molecule has 0 saturated carbocycles. The zero-order valence-electron chi connectivity index (χ0n) is 13.7. The van der Waals surface area contributed by atoms with E-state index in [0.29, 0.717) is 18.1 Å². The van der Waals surface area contributed by atoms with Gasteiger partial charge < -0.3 is 4.57 Å². The Labute approximate surface area is 139 Å². The van der Waals surface area contributed by atoms with Crippen LogP contribution in [0.4, 0.5) is 0 Å². The first kappa shape index (κ1) is 15.0. The van der Waals surface area contributed by atoms with Crippen molar-refractivity contribution < 1.29 is 0 Å². The molecule has 1 fully saturated rings. The summed E-state index contributed by atoms with van der Waals surface area (Å²) in [4.78, 5) is 19.1. The van der Waals surface area contributed by atoms with Crippen molar-refractivity contribution in [3.8, 4) is 0 Å². The van der Waals surface area contributed by atoms with Crippen molar-refractivity contribution in [3.05, 3.63) is 58.7 Å². The van der Waals surface area contributed by atoms with Gasteiger partial charge in [-0.25, -0.2) is 4.98 Å². The van der Waals surface area contributed by atoms with Crippen LogP contribution in [0.2, 0.25) is 0 Å². The van der Waals surface area contributed by atoms with Gasteiger partial charge in [-0.2, -0.15) is 0 Å². The van der Waals surface area contributed by atoms with Crippen LogP contribution in [0.5, 0.6) is 0 Å². The number of hydrogen-bond acceptors (Lipinski definition) is 5. The fourth-order valence-corrected chi connectivity index (χ4v) is 3.42. The summed E-state index contributed by atoms with van der Waals surface area (Å²) < 4.78 is 3.58. The highest BCUT2D eigenvalue weighted by atomic mass is 16.1. The molecule has 0 bridgehead atoms. The minimum Gasteiger partial charge on any atom is -0.320 e. The van der Waals surface area contributed by atoms with Crippen LogP contribution in [-0.4, -0.2) is 42.1 Å². The van der Waals surface area contributed by atoms with Crippen LogP contribution in [0.15, 0.2) is 41.6 Å². The molecule has 124 valence electrons. The van der Waals surface area contributed by atoms with E-state index in [1.54, 1.807) is 23.0 Å². The third-order valence-corrected chi connectivity index (χ3v) is 4.71. The van der Waals surface area contributed by atoms with Gasteiger partial charge in [0, 0.05) is 31.8 Å². The molecule has 0 radical (unpaired) electrons. The molecule has 0 N–H and O–H groups in total. The van der Waals surface area contributed by atoms with Crippen molar-refractivity contribution in [2.24, 2.45) is 7.05 Å². The van der Waals surface area contributed by atoms with Gasteiger partial charge in [0.25, 0.3) is 5.56 Å². The number of pyridine rings is 1. The maximum atomic E-state index is 12.2. The molecule has 7 heteroatoms. The van der Waals surface area contributed by atoms with E-state index in [1.807, 2.05) is 29.8 Å². The second kappa shape index (κ2) is 6.16. The molecule has 1 aliphatic heterocycles. The molecule has 1 saturated heterocycles. The van der Waals surface area contributed by atoms with Crippen molar-refractivity contribution in [1.82, 2.24) is 29.0 Å². The molecule has 4 heterocycles. The molecule has 24 heavy (non-hydrogen) atoms. The Morgan fingerprint density at radius 1 is 1.25 bits per heavy atom. The van der Waals surface area contributed by atoms with Crippen molar-refractivity contribution in [3.63, 3.8) is 0 Å². The maximum Gasteiger partial charge on any atom is 0.258 e. The second-order valence-corrected chi connectivity index (χ2v) is 6.37. The first-order valence-corrected chi connectivity index (χ1v) is 8.24. The van der Waals surface area contributed by atoms with E-state index in [1.165, 1.54) is 0 Å². The van der Waals surface area contributed by atoms with Gasteiger partial charge >= 0.3 is 0 Å². The van der Waals surface area contributed by atoms with Gasteiger partial charge in [0.1, 0.15) is 17.8 Å². The third kappa shape index (κ3) is 2.82. The van der Waals surface area contributed by atoms with Crippen LogP contribution in [0.1, 0.15) is 30.3 Å². The number of likely N-dealkylation sites (tertiary alicyclic amines) is 1. The lowest BCUT2D eigenvalue weighted by molar-refractivity contribution is 0.198. The number of hydrogen-bond donors (Lipinski definition) is 0. The third-order valence-electron chi connectivity index (χ3n) is 4.71. The molecule has 3 aromatic rings. The zero-order valence-corrected chi connectivity index (χ0v) is 13.7. The van der Waals surface area contributed by atoms with Gasteiger partial charge in [-0.05, 0) is 38.1 Å². The van der Waals surface area contributed by atoms with Crippen LogP contribution in [0.25, 0.3) is 5.65 Å². The predicted octanol–water partition coefficient (Wildman–Crippen LogP) is 1.20. The number of piperidine rings is 1. The van der Waals surface area contributed by atoms with E-state index in [2.05, 4.69) is 20.1 Å². The van der Waals surface area contributed by atoms with Gasteiger partial charge in [0.2, 0.25) is 0 Å². The minimum absolute atomic E-state index is 0.0235. The standard InChI is InChI=1S/C17H20N6O/c1-21-12-18-20-17(21)13-5-8-22(9-6-13)11-14-10-16(24)23-7-3-2-4-15(23)19-14/h2-4,7,10,12-13H,5-6,8-9,11H2,1H3. The van der Waals surface area contributed by atoms with Gasteiger partial charge in [0.15, 0.2) is 0 Å². The SMILES string of the molecule is Cn1cnnc1C1CCN(Cc2cc(=O)n3ccccc3n2)CC1. The number of aromatic nitrogens is 5. The molecule has 0 atom stereocenters. The largest absolute Gasteiger partial charge is 0.320 e. The minimum atomic E-state index is -0.0235.